The number of nitrogens with one attached hydrogen (secondary N) is 1. The van der Waals surface area contributed by atoms with Crippen molar-refractivity contribution in [2.75, 3.05) is 33.4 Å². The van der Waals surface area contributed by atoms with E-state index in [0.29, 0.717) is 19.7 Å². The van der Waals surface area contributed by atoms with Gasteiger partial charge in [-0.05, 0) is 32.7 Å². The number of hydrogen-bond donors (Lipinski definition) is 1. The van der Waals surface area contributed by atoms with Gasteiger partial charge in [-0.15, -0.1) is 0 Å². The summed E-state index contributed by atoms with van der Waals surface area (Å²) in [5, 5.41) is 2.85. The predicted octanol–water partition coefficient (Wildman–Crippen LogP) is 0.583. The summed E-state index contributed by atoms with van der Waals surface area (Å²) in [6, 6.07) is -0.0662. The number of hydrogen-bond acceptors (Lipinski definition) is 4. The summed E-state index contributed by atoms with van der Waals surface area (Å²) in [5.74, 6) is 0.168. The van der Waals surface area contributed by atoms with Gasteiger partial charge in [0.15, 0.2) is 0 Å². The number of amides is 1. The van der Waals surface area contributed by atoms with Crippen LogP contribution >= 0.6 is 0 Å². The van der Waals surface area contributed by atoms with Gasteiger partial charge in [0.25, 0.3) is 0 Å². The van der Waals surface area contributed by atoms with Crippen LogP contribution < -0.4 is 5.32 Å². The number of rotatable bonds is 7. The van der Waals surface area contributed by atoms with Gasteiger partial charge >= 0.3 is 0 Å². The standard InChI is InChI=1S/C13H24N2O3/c1-11(16)12-6-3-4-8-15(12)10-13(17)14-7-5-9-18-2/h12H,3-10H2,1-2H3,(H,14,17). The van der Waals surface area contributed by atoms with Crippen LogP contribution in [0, 0.1) is 0 Å². The molecule has 1 aliphatic rings. The largest absolute Gasteiger partial charge is 0.385 e. The quantitative estimate of drug-likeness (QED) is 0.677. The van der Waals surface area contributed by atoms with Crippen molar-refractivity contribution in [3.63, 3.8) is 0 Å². The van der Waals surface area contributed by atoms with Crippen molar-refractivity contribution < 1.29 is 14.3 Å². The molecule has 5 nitrogen and oxygen atoms in total. The van der Waals surface area contributed by atoms with Crippen molar-refractivity contribution in [2.45, 2.75) is 38.6 Å². The third-order valence-electron chi connectivity index (χ3n) is 3.28. The van der Waals surface area contributed by atoms with E-state index in [-0.39, 0.29) is 17.7 Å². The van der Waals surface area contributed by atoms with Gasteiger partial charge in [0, 0.05) is 20.3 Å². The molecule has 1 amide bonds. The Bertz CT molecular complexity index is 281. The molecule has 0 radical (unpaired) electrons. The second-order valence-corrected chi connectivity index (χ2v) is 4.79. The molecule has 18 heavy (non-hydrogen) atoms. The van der Waals surface area contributed by atoms with Crippen molar-refractivity contribution in [3.05, 3.63) is 0 Å². The number of piperidine rings is 1. The lowest BCUT2D eigenvalue weighted by atomic mass is 9.99. The smallest absolute Gasteiger partial charge is 0.234 e. The Morgan fingerprint density at radius 2 is 2.17 bits per heavy atom. The van der Waals surface area contributed by atoms with Gasteiger partial charge in [-0.25, -0.2) is 0 Å². The lowest BCUT2D eigenvalue weighted by molar-refractivity contribution is -0.127. The fraction of sp³-hybridized carbons (Fsp3) is 0.846. The molecule has 0 aromatic heterocycles. The topological polar surface area (TPSA) is 58.6 Å². The van der Waals surface area contributed by atoms with Crippen LogP contribution in [0.15, 0.2) is 0 Å². The van der Waals surface area contributed by atoms with Crippen LogP contribution in [-0.2, 0) is 14.3 Å². The summed E-state index contributed by atoms with van der Waals surface area (Å²) < 4.78 is 4.92. The minimum atomic E-state index is -0.0662. The number of ketones is 1. The molecule has 1 unspecified atom stereocenters. The Morgan fingerprint density at radius 1 is 1.39 bits per heavy atom. The van der Waals surface area contributed by atoms with Gasteiger partial charge in [0.2, 0.25) is 5.91 Å². The Kier molecular flexibility index (Phi) is 6.90. The minimum absolute atomic E-state index is 0.000692. The number of carbonyl (C=O) groups excluding carboxylic acids is 2. The first-order valence-corrected chi connectivity index (χ1v) is 6.65. The van der Waals surface area contributed by atoms with E-state index in [1.54, 1.807) is 14.0 Å². The fourth-order valence-corrected chi connectivity index (χ4v) is 2.33. The summed E-state index contributed by atoms with van der Waals surface area (Å²) in [6.07, 6.45) is 3.85. The monoisotopic (exact) mass is 256 g/mol. The molecule has 1 heterocycles. The molecule has 0 saturated carbocycles. The summed E-state index contributed by atoms with van der Waals surface area (Å²) in [4.78, 5) is 25.2. The molecule has 1 rings (SSSR count). The second-order valence-electron chi connectivity index (χ2n) is 4.79. The predicted molar refractivity (Wildman–Crippen MR) is 69.4 cm³/mol. The van der Waals surface area contributed by atoms with Gasteiger partial charge in [-0.1, -0.05) is 6.42 Å². The molecule has 0 aromatic rings. The SMILES string of the molecule is COCCCNC(=O)CN1CCCCC1C(C)=O. The van der Waals surface area contributed by atoms with E-state index in [0.717, 1.165) is 32.2 Å². The third kappa shape index (κ3) is 5.14. The minimum Gasteiger partial charge on any atom is -0.385 e. The number of likely N-dealkylation sites (tertiary alicyclic amines) is 1. The van der Waals surface area contributed by atoms with Gasteiger partial charge in [0.1, 0.15) is 5.78 Å². The van der Waals surface area contributed by atoms with Crippen LogP contribution in [0.3, 0.4) is 0 Å². The first-order chi connectivity index (χ1) is 8.65. The highest BCUT2D eigenvalue weighted by Gasteiger charge is 2.27. The maximum Gasteiger partial charge on any atom is 0.234 e. The molecule has 0 aliphatic carbocycles. The van der Waals surface area contributed by atoms with Gasteiger partial charge < -0.3 is 10.1 Å². The number of ether oxygens (including phenoxy) is 1. The lowest BCUT2D eigenvalue weighted by Crippen LogP contribution is -2.48. The van der Waals surface area contributed by atoms with E-state index in [2.05, 4.69) is 5.32 Å². The molecule has 5 heteroatoms. The highest BCUT2D eigenvalue weighted by molar-refractivity contribution is 5.83. The van der Waals surface area contributed by atoms with Crippen molar-refractivity contribution in [1.82, 2.24) is 10.2 Å². The molecule has 1 fully saturated rings. The fourth-order valence-electron chi connectivity index (χ4n) is 2.33. The Morgan fingerprint density at radius 3 is 2.83 bits per heavy atom. The zero-order chi connectivity index (χ0) is 13.4. The first-order valence-electron chi connectivity index (χ1n) is 6.65. The molecule has 0 spiro atoms. The molecule has 1 N–H and O–H groups in total. The molecule has 104 valence electrons. The van der Waals surface area contributed by atoms with E-state index in [1.165, 1.54) is 0 Å². The molecular weight excluding hydrogens is 232 g/mol. The van der Waals surface area contributed by atoms with Crippen LogP contribution in [-0.4, -0.2) is 56.0 Å². The van der Waals surface area contributed by atoms with E-state index in [9.17, 15) is 9.59 Å². The van der Waals surface area contributed by atoms with E-state index >= 15 is 0 Å². The van der Waals surface area contributed by atoms with Crippen LogP contribution in [0.2, 0.25) is 0 Å². The number of methoxy groups -OCH3 is 1. The third-order valence-corrected chi connectivity index (χ3v) is 3.28. The maximum atomic E-state index is 11.7. The zero-order valence-corrected chi connectivity index (χ0v) is 11.4. The Hall–Kier alpha value is -0.940. The van der Waals surface area contributed by atoms with E-state index in [1.807, 2.05) is 4.90 Å². The molecule has 1 saturated heterocycles. The molecule has 1 atom stereocenters. The first kappa shape index (κ1) is 15.1. The zero-order valence-electron chi connectivity index (χ0n) is 11.4. The Labute approximate surface area is 109 Å². The second kappa shape index (κ2) is 8.21. The molecule has 1 aliphatic heterocycles. The van der Waals surface area contributed by atoms with Crippen LogP contribution in [0.1, 0.15) is 32.6 Å². The normalized spacial score (nSPS) is 20.7. The van der Waals surface area contributed by atoms with Gasteiger partial charge in [-0.3, -0.25) is 14.5 Å². The number of carbonyl (C=O) groups is 2. The van der Waals surface area contributed by atoms with E-state index < -0.39 is 0 Å². The highest BCUT2D eigenvalue weighted by Crippen LogP contribution is 2.17. The van der Waals surface area contributed by atoms with Crippen molar-refractivity contribution >= 4 is 11.7 Å². The average molecular weight is 256 g/mol. The summed E-state index contributed by atoms with van der Waals surface area (Å²) >= 11 is 0. The summed E-state index contributed by atoms with van der Waals surface area (Å²) in [7, 11) is 1.65. The van der Waals surface area contributed by atoms with Crippen LogP contribution in [0.25, 0.3) is 0 Å². The van der Waals surface area contributed by atoms with Crippen LogP contribution in [0.5, 0.6) is 0 Å². The molecule has 0 aromatic carbocycles. The van der Waals surface area contributed by atoms with Crippen molar-refractivity contribution in [2.24, 2.45) is 0 Å². The molecular formula is C13H24N2O3. The Balaban J connectivity index is 2.30. The maximum absolute atomic E-state index is 11.7. The van der Waals surface area contributed by atoms with Gasteiger partial charge in [0.05, 0.1) is 12.6 Å². The highest BCUT2D eigenvalue weighted by atomic mass is 16.5. The average Bonchev–Trinajstić information content (AvgIpc) is 2.35. The van der Waals surface area contributed by atoms with Crippen molar-refractivity contribution in [1.29, 1.82) is 0 Å². The van der Waals surface area contributed by atoms with Gasteiger partial charge in [-0.2, -0.15) is 0 Å². The number of Topliss-reactive ketones (excluding diaryl/α,β-unsaturated/α-hetero) is 1. The molecule has 0 bridgehead atoms. The summed E-state index contributed by atoms with van der Waals surface area (Å²) in [6.45, 7) is 4.07. The lowest BCUT2D eigenvalue weighted by Gasteiger charge is -2.33. The van der Waals surface area contributed by atoms with E-state index in [4.69, 9.17) is 4.74 Å². The van der Waals surface area contributed by atoms with Crippen LogP contribution in [0.4, 0.5) is 0 Å². The van der Waals surface area contributed by atoms with Crippen molar-refractivity contribution in [3.8, 4) is 0 Å². The number of nitrogens with zero attached hydrogens (tertiary/aromatic N) is 1. The summed E-state index contributed by atoms with van der Waals surface area (Å²) in [5.41, 5.74) is 0.